The summed E-state index contributed by atoms with van der Waals surface area (Å²) in [5, 5.41) is 2.77. The molecule has 1 unspecified atom stereocenters. The molecule has 0 aromatic carbocycles. The van der Waals surface area contributed by atoms with Gasteiger partial charge in [-0.2, -0.15) is 0 Å². The van der Waals surface area contributed by atoms with Crippen LogP contribution < -0.4 is 5.32 Å². The number of imide groups is 1. The molecular weight excluding hydrogens is 168 g/mol. The van der Waals surface area contributed by atoms with E-state index in [1.165, 1.54) is 4.90 Å². The van der Waals surface area contributed by atoms with E-state index >= 15 is 0 Å². The van der Waals surface area contributed by atoms with Crippen LogP contribution in [0, 0.1) is 5.92 Å². The maximum atomic E-state index is 11.4. The molecule has 4 nitrogen and oxygen atoms in total. The third-order valence-corrected chi connectivity index (χ3v) is 2.46. The highest BCUT2D eigenvalue weighted by molar-refractivity contribution is 5.99. The summed E-state index contributed by atoms with van der Waals surface area (Å²) in [6.45, 7) is 6.48. The van der Waals surface area contributed by atoms with Gasteiger partial charge in [0.2, 0.25) is 11.8 Å². The second-order valence-corrected chi connectivity index (χ2v) is 3.75. The number of carbonyl (C=O) groups excluding carboxylic acids is 2. The van der Waals surface area contributed by atoms with Crippen LogP contribution >= 0.6 is 0 Å². The summed E-state index contributed by atoms with van der Waals surface area (Å²) in [4.78, 5) is 24.2. The van der Waals surface area contributed by atoms with Crippen LogP contribution in [-0.4, -0.2) is 35.8 Å². The van der Waals surface area contributed by atoms with Gasteiger partial charge in [0.15, 0.2) is 0 Å². The minimum absolute atomic E-state index is 0.00194. The zero-order valence-electron chi connectivity index (χ0n) is 8.33. The predicted molar refractivity (Wildman–Crippen MR) is 49.0 cm³/mol. The van der Waals surface area contributed by atoms with Crippen molar-refractivity contribution in [3.05, 3.63) is 0 Å². The monoisotopic (exact) mass is 184 g/mol. The van der Waals surface area contributed by atoms with Crippen LogP contribution in [0.4, 0.5) is 0 Å². The molecule has 1 aliphatic heterocycles. The number of carbonyl (C=O) groups is 2. The summed E-state index contributed by atoms with van der Waals surface area (Å²) in [5.74, 6) is 0.0842. The number of nitrogens with one attached hydrogen (secondary N) is 1. The Kier molecular flexibility index (Phi) is 3.03. The van der Waals surface area contributed by atoms with Gasteiger partial charge in [0.05, 0.1) is 13.1 Å². The molecule has 1 atom stereocenters. The smallest absolute Gasteiger partial charge is 0.243 e. The molecule has 13 heavy (non-hydrogen) atoms. The first-order chi connectivity index (χ1) is 6.04. The first kappa shape index (κ1) is 10.2. The van der Waals surface area contributed by atoms with Crippen molar-refractivity contribution in [3.8, 4) is 0 Å². The minimum Gasteiger partial charge on any atom is -0.300 e. The molecule has 0 aromatic heterocycles. The van der Waals surface area contributed by atoms with Crippen LogP contribution in [-0.2, 0) is 9.59 Å². The van der Waals surface area contributed by atoms with Crippen molar-refractivity contribution < 1.29 is 9.59 Å². The van der Waals surface area contributed by atoms with E-state index in [0.717, 1.165) is 0 Å². The fourth-order valence-electron chi connectivity index (χ4n) is 1.34. The zero-order chi connectivity index (χ0) is 10.0. The summed E-state index contributed by atoms with van der Waals surface area (Å²) in [7, 11) is 0. The Morgan fingerprint density at radius 2 is 1.62 bits per heavy atom. The number of nitrogens with zero attached hydrogens (tertiary/aromatic N) is 1. The number of piperazine rings is 1. The molecule has 0 bridgehead atoms. The lowest BCUT2D eigenvalue weighted by Crippen LogP contribution is -2.56. The Morgan fingerprint density at radius 3 is 2.00 bits per heavy atom. The van der Waals surface area contributed by atoms with Gasteiger partial charge in [-0.3, -0.25) is 19.8 Å². The molecule has 0 aromatic rings. The molecule has 4 heteroatoms. The lowest BCUT2D eigenvalue weighted by Gasteiger charge is -2.33. The van der Waals surface area contributed by atoms with Crippen LogP contribution in [0.5, 0.6) is 0 Å². The molecule has 1 fully saturated rings. The van der Waals surface area contributed by atoms with Crippen molar-refractivity contribution in [2.75, 3.05) is 13.1 Å². The van der Waals surface area contributed by atoms with Crippen molar-refractivity contribution in [1.29, 1.82) is 0 Å². The normalized spacial score (nSPS) is 21.1. The Hall–Kier alpha value is -0.900. The Morgan fingerprint density at radius 1 is 1.15 bits per heavy atom. The van der Waals surface area contributed by atoms with Crippen molar-refractivity contribution in [1.82, 2.24) is 10.2 Å². The molecule has 0 saturated carbocycles. The molecular formula is C9H16N2O2. The van der Waals surface area contributed by atoms with Crippen molar-refractivity contribution in [2.24, 2.45) is 5.92 Å². The summed E-state index contributed by atoms with van der Waals surface area (Å²) in [6, 6.07) is 0.00194. The molecule has 74 valence electrons. The van der Waals surface area contributed by atoms with Crippen LogP contribution in [0.1, 0.15) is 20.8 Å². The van der Waals surface area contributed by atoms with Crippen molar-refractivity contribution >= 4 is 11.8 Å². The Labute approximate surface area is 78.3 Å². The standard InChI is InChI=1S/C9H16N2O2/c1-6(2)7(3)11-8(12)4-10-5-9(11)13/h6-7,10H,4-5H2,1-3H3. The van der Waals surface area contributed by atoms with Gasteiger partial charge < -0.3 is 0 Å². The molecule has 1 rings (SSSR count). The van der Waals surface area contributed by atoms with Gasteiger partial charge in [-0.1, -0.05) is 13.8 Å². The van der Waals surface area contributed by atoms with Crippen LogP contribution in [0.2, 0.25) is 0 Å². The van der Waals surface area contributed by atoms with Gasteiger partial charge in [-0.05, 0) is 12.8 Å². The van der Waals surface area contributed by atoms with Gasteiger partial charge >= 0.3 is 0 Å². The van der Waals surface area contributed by atoms with E-state index in [9.17, 15) is 9.59 Å². The van der Waals surface area contributed by atoms with Crippen LogP contribution in [0.3, 0.4) is 0 Å². The molecule has 0 aliphatic carbocycles. The predicted octanol–water partition coefficient (Wildman–Crippen LogP) is -0.0107. The SMILES string of the molecule is CC(C)C(C)N1C(=O)CNCC1=O. The van der Waals surface area contributed by atoms with Crippen molar-refractivity contribution in [2.45, 2.75) is 26.8 Å². The summed E-state index contributed by atoms with van der Waals surface area (Å²) in [5.41, 5.74) is 0. The lowest BCUT2D eigenvalue weighted by molar-refractivity contribution is -0.150. The fraction of sp³-hybridized carbons (Fsp3) is 0.778. The average Bonchev–Trinajstić information content (AvgIpc) is 2.03. The minimum atomic E-state index is -0.113. The third kappa shape index (κ3) is 2.06. The van der Waals surface area contributed by atoms with Gasteiger partial charge in [0.25, 0.3) is 0 Å². The van der Waals surface area contributed by atoms with Gasteiger partial charge in [0.1, 0.15) is 0 Å². The highest BCUT2D eigenvalue weighted by atomic mass is 16.2. The van der Waals surface area contributed by atoms with Gasteiger partial charge in [-0.25, -0.2) is 0 Å². The van der Waals surface area contributed by atoms with E-state index in [1.54, 1.807) is 0 Å². The van der Waals surface area contributed by atoms with Crippen LogP contribution in [0.25, 0.3) is 0 Å². The molecule has 1 aliphatic rings. The molecule has 1 saturated heterocycles. The third-order valence-electron chi connectivity index (χ3n) is 2.46. The van der Waals surface area contributed by atoms with E-state index in [2.05, 4.69) is 5.32 Å². The summed E-state index contributed by atoms with van der Waals surface area (Å²) < 4.78 is 0. The summed E-state index contributed by atoms with van der Waals surface area (Å²) >= 11 is 0. The summed E-state index contributed by atoms with van der Waals surface area (Å²) in [6.07, 6.45) is 0. The van der Waals surface area contributed by atoms with E-state index < -0.39 is 0 Å². The molecule has 1 N–H and O–H groups in total. The number of hydrogen-bond donors (Lipinski definition) is 1. The maximum Gasteiger partial charge on any atom is 0.243 e. The highest BCUT2D eigenvalue weighted by Crippen LogP contribution is 2.12. The van der Waals surface area contributed by atoms with Gasteiger partial charge in [0, 0.05) is 6.04 Å². The highest BCUT2D eigenvalue weighted by Gasteiger charge is 2.30. The zero-order valence-corrected chi connectivity index (χ0v) is 8.33. The topological polar surface area (TPSA) is 49.4 Å². The number of hydrogen-bond acceptors (Lipinski definition) is 3. The largest absolute Gasteiger partial charge is 0.300 e. The second-order valence-electron chi connectivity index (χ2n) is 3.75. The molecule has 0 radical (unpaired) electrons. The number of rotatable bonds is 2. The second kappa shape index (κ2) is 3.87. The number of amides is 2. The van der Waals surface area contributed by atoms with E-state index in [1.807, 2.05) is 20.8 Å². The Balaban J connectivity index is 2.74. The molecule has 0 spiro atoms. The maximum absolute atomic E-state index is 11.4. The molecule has 1 heterocycles. The van der Waals surface area contributed by atoms with Gasteiger partial charge in [-0.15, -0.1) is 0 Å². The lowest BCUT2D eigenvalue weighted by atomic mass is 10.0. The molecule has 2 amide bonds. The Bertz CT molecular complexity index is 210. The van der Waals surface area contributed by atoms with Crippen LogP contribution in [0.15, 0.2) is 0 Å². The first-order valence-corrected chi connectivity index (χ1v) is 4.59. The first-order valence-electron chi connectivity index (χ1n) is 4.59. The fourth-order valence-corrected chi connectivity index (χ4v) is 1.34. The van der Waals surface area contributed by atoms with E-state index in [-0.39, 0.29) is 30.9 Å². The van der Waals surface area contributed by atoms with E-state index in [4.69, 9.17) is 0 Å². The van der Waals surface area contributed by atoms with E-state index in [0.29, 0.717) is 5.92 Å². The quantitative estimate of drug-likeness (QED) is 0.614. The average molecular weight is 184 g/mol. The van der Waals surface area contributed by atoms with Crippen molar-refractivity contribution in [3.63, 3.8) is 0 Å².